The standard InChI is InChI=1S/C48H59NO17/c1-8-23(2)41(57)49-33(26-15-11-9-12-16-26)36(54)43(59)63-29-20-48(60)40(65-42(58)27-17-13-10-14-18-27)38-46(7,39(56)35(53)32(24(29)3)45(48,5)6)30(19-31-47(38,22-62-31)66-25(4)50)64-44-37(55)34(52)28(51)21-61-44/h8-18,28-31,33-38,40,44,51-55,60H,19-22H2,1-7H3,(H,49,57)/b23-8+/t28-,29+,30+,31-,33+,34+,35-,36-,37-,38+,40+,44+,46-,47+,48+/m1/s1. The van der Waals surface area contributed by atoms with Gasteiger partial charge < -0.3 is 64.4 Å². The number of esters is 3. The minimum absolute atomic E-state index is 0.0304. The smallest absolute Gasteiger partial charge is 0.338 e. The van der Waals surface area contributed by atoms with Crippen molar-refractivity contribution in [3.63, 3.8) is 0 Å². The Kier molecular flexibility index (Phi) is 13.6. The normalized spacial score (nSPS) is 37.0. The number of fused-ring (bicyclic) bond motifs is 5. The third kappa shape index (κ3) is 8.09. The lowest BCUT2D eigenvalue weighted by Crippen LogP contribution is -2.82. The van der Waals surface area contributed by atoms with Gasteiger partial charge in [0.1, 0.15) is 48.3 Å². The first kappa shape index (κ1) is 49.0. The molecule has 15 atom stereocenters. The van der Waals surface area contributed by atoms with Gasteiger partial charge in [0.05, 0.1) is 42.3 Å². The van der Waals surface area contributed by atoms with Crippen LogP contribution in [0.5, 0.6) is 0 Å². The molecular formula is C48H59NO17. The van der Waals surface area contributed by atoms with Gasteiger partial charge in [-0.15, -0.1) is 0 Å². The topological polar surface area (TPSA) is 274 Å². The Morgan fingerprint density at radius 3 is 2.14 bits per heavy atom. The van der Waals surface area contributed by atoms with E-state index in [4.69, 9.17) is 28.4 Å². The quantitative estimate of drug-likeness (QED) is 0.0724. The molecule has 2 aliphatic heterocycles. The molecule has 3 aliphatic carbocycles. The van der Waals surface area contributed by atoms with E-state index in [0.717, 1.165) is 6.92 Å². The monoisotopic (exact) mass is 921 g/mol. The Labute approximate surface area is 381 Å². The fraction of sp³-hybridized carbons (Fsp3) is 0.562. The first-order valence-corrected chi connectivity index (χ1v) is 22.0. The van der Waals surface area contributed by atoms with E-state index in [0.29, 0.717) is 11.1 Å². The number of amides is 1. The van der Waals surface area contributed by atoms with Gasteiger partial charge in [-0.2, -0.15) is 0 Å². The number of carbonyl (C=O) groups is 5. The van der Waals surface area contributed by atoms with Crippen molar-refractivity contribution >= 4 is 29.6 Å². The number of ether oxygens (including phenoxy) is 6. The van der Waals surface area contributed by atoms with Crippen molar-refractivity contribution in [1.82, 2.24) is 5.32 Å². The predicted molar refractivity (Wildman–Crippen MR) is 228 cm³/mol. The predicted octanol–water partition coefficient (Wildman–Crippen LogP) is 1.28. The molecule has 0 aromatic heterocycles. The van der Waals surface area contributed by atoms with Gasteiger partial charge in [0.2, 0.25) is 5.91 Å². The molecule has 5 aliphatic rings. The maximum Gasteiger partial charge on any atom is 0.338 e. The van der Waals surface area contributed by atoms with Gasteiger partial charge in [0.25, 0.3) is 0 Å². The van der Waals surface area contributed by atoms with E-state index >= 15 is 4.79 Å². The third-order valence-corrected chi connectivity index (χ3v) is 14.7. The number of benzene rings is 2. The minimum Gasteiger partial charge on any atom is -0.456 e. The Morgan fingerprint density at radius 2 is 1.55 bits per heavy atom. The molecule has 2 aromatic carbocycles. The highest BCUT2D eigenvalue weighted by atomic mass is 16.7. The summed E-state index contributed by atoms with van der Waals surface area (Å²) in [5.74, 6) is -6.24. The summed E-state index contributed by atoms with van der Waals surface area (Å²) in [4.78, 5) is 70.7. The van der Waals surface area contributed by atoms with Gasteiger partial charge in [-0.3, -0.25) is 14.4 Å². The number of rotatable bonds is 11. The molecule has 1 amide bonds. The molecule has 4 fully saturated rings. The van der Waals surface area contributed by atoms with Gasteiger partial charge in [0, 0.05) is 30.8 Å². The van der Waals surface area contributed by atoms with E-state index in [2.05, 4.69) is 5.32 Å². The zero-order chi connectivity index (χ0) is 48.3. The van der Waals surface area contributed by atoms with E-state index < -0.39 is 138 Å². The van der Waals surface area contributed by atoms with Gasteiger partial charge in [-0.25, -0.2) is 9.59 Å². The van der Waals surface area contributed by atoms with Crippen LogP contribution in [0.4, 0.5) is 0 Å². The molecule has 66 heavy (non-hydrogen) atoms. The fourth-order valence-electron chi connectivity index (χ4n) is 10.7. The molecule has 2 aromatic rings. The highest BCUT2D eigenvalue weighted by Gasteiger charge is 2.78. The lowest BCUT2D eigenvalue weighted by molar-refractivity contribution is -0.366. The van der Waals surface area contributed by atoms with E-state index in [-0.39, 0.29) is 29.7 Å². The van der Waals surface area contributed by atoms with Crippen LogP contribution in [-0.4, -0.2) is 146 Å². The molecule has 18 heteroatoms. The second kappa shape index (κ2) is 18.3. The van der Waals surface area contributed by atoms with Crippen LogP contribution in [0.15, 0.2) is 83.5 Å². The van der Waals surface area contributed by atoms with Crippen LogP contribution >= 0.6 is 0 Å². The second-order valence-electron chi connectivity index (χ2n) is 18.7. The number of ketones is 1. The first-order valence-electron chi connectivity index (χ1n) is 22.0. The summed E-state index contributed by atoms with van der Waals surface area (Å²) in [6.07, 6.45) is -16.1. The number of aliphatic hydroxyl groups excluding tert-OH is 5. The number of Topliss-reactive ketones (excluding diaryl/α,β-unsaturated/α-hetero) is 1. The van der Waals surface area contributed by atoms with Crippen molar-refractivity contribution in [2.24, 2.45) is 16.7 Å². The van der Waals surface area contributed by atoms with Gasteiger partial charge >= 0.3 is 17.9 Å². The summed E-state index contributed by atoms with van der Waals surface area (Å²) in [5, 5.41) is 72.6. The fourth-order valence-corrected chi connectivity index (χ4v) is 10.7. The molecule has 358 valence electrons. The molecule has 0 radical (unpaired) electrons. The Morgan fingerprint density at radius 1 is 0.909 bits per heavy atom. The molecule has 0 spiro atoms. The number of hydrogen-bond acceptors (Lipinski definition) is 17. The Hall–Kier alpha value is -4.89. The first-order chi connectivity index (χ1) is 31.0. The van der Waals surface area contributed by atoms with Crippen molar-refractivity contribution in [2.75, 3.05) is 13.2 Å². The number of allylic oxidation sites excluding steroid dienone is 1. The third-order valence-electron chi connectivity index (χ3n) is 14.7. The maximum absolute atomic E-state index is 15.7. The Bertz CT molecular complexity index is 2270. The van der Waals surface area contributed by atoms with Crippen LogP contribution in [0.25, 0.3) is 0 Å². The number of nitrogens with one attached hydrogen (secondary N) is 1. The summed E-state index contributed by atoms with van der Waals surface area (Å²) in [7, 11) is 0. The van der Waals surface area contributed by atoms with E-state index in [1.165, 1.54) is 39.8 Å². The molecule has 2 saturated heterocycles. The van der Waals surface area contributed by atoms with Crippen LogP contribution < -0.4 is 5.32 Å². The summed E-state index contributed by atoms with van der Waals surface area (Å²) in [6, 6.07) is 14.6. The van der Waals surface area contributed by atoms with Crippen LogP contribution in [0.2, 0.25) is 0 Å². The average Bonchev–Trinajstić information content (AvgIpc) is 3.28. The highest BCUT2D eigenvalue weighted by Crippen LogP contribution is 2.65. The lowest BCUT2D eigenvalue weighted by atomic mass is 9.44. The van der Waals surface area contributed by atoms with Gasteiger partial charge in [-0.1, -0.05) is 68.5 Å². The Balaban J connectivity index is 1.39. The van der Waals surface area contributed by atoms with Gasteiger partial charge in [-0.05, 0) is 56.5 Å². The van der Waals surface area contributed by atoms with Crippen LogP contribution in [0.3, 0.4) is 0 Å². The molecule has 7 N–H and O–H groups in total. The lowest BCUT2D eigenvalue weighted by Gasteiger charge is -2.68. The van der Waals surface area contributed by atoms with E-state index in [1.807, 2.05) is 0 Å². The molecule has 2 bridgehead atoms. The largest absolute Gasteiger partial charge is 0.456 e. The van der Waals surface area contributed by atoms with Crippen molar-refractivity contribution in [2.45, 2.75) is 140 Å². The average molecular weight is 922 g/mol. The zero-order valence-corrected chi connectivity index (χ0v) is 37.8. The number of carbonyl (C=O) groups excluding carboxylic acids is 5. The molecule has 0 unspecified atom stereocenters. The van der Waals surface area contributed by atoms with Crippen molar-refractivity contribution in [3.05, 3.63) is 94.6 Å². The minimum atomic E-state index is -2.46. The van der Waals surface area contributed by atoms with Crippen molar-refractivity contribution < 1.29 is 83.0 Å². The molecule has 2 heterocycles. The highest BCUT2D eigenvalue weighted by molar-refractivity contribution is 5.95. The summed E-state index contributed by atoms with van der Waals surface area (Å²) in [6.45, 7) is 9.42. The zero-order valence-electron chi connectivity index (χ0n) is 37.8. The van der Waals surface area contributed by atoms with Crippen molar-refractivity contribution in [1.29, 1.82) is 0 Å². The van der Waals surface area contributed by atoms with E-state index in [1.54, 1.807) is 68.5 Å². The van der Waals surface area contributed by atoms with Gasteiger partial charge in [0.15, 0.2) is 23.8 Å². The van der Waals surface area contributed by atoms with Crippen LogP contribution in [0.1, 0.15) is 83.3 Å². The van der Waals surface area contributed by atoms with Crippen LogP contribution in [0, 0.1) is 16.7 Å². The number of hydrogen-bond donors (Lipinski definition) is 7. The van der Waals surface area contributed by atoms with Crippen molar-refractivity contribution in [3.8, 4) is 0 Å². The second-order valence-corrected chi connectivity index (χ2v) is 18.7. The summed E-state index contributed by atoms with van der Waals surface area (Å²) >= 11 is 0. The van der Waals surface area contributed by atoms with E-state index in [9.17, 15) is 49.8 Å². The summed E-state index contributed by atoms with van der Waals surface area (Å²) in [5.41, 5.74) is -7.49. The molecule has 2 saturated carbocycles. The maximum atomic E-state index is 15.7. The molecular weight excluding hydrogens is 863 g/mol. The summed E-state index contributed by atoms with van der Waals surface area (Å²) < 4.78 is 36.7. The molecule has 18 nitrogen and oxygen atoms in total. The SMILES string of the molecule is C/C=C(\C)C(=O)N[C@@H](c1ccccc1)[C@@H](O)C(=O)O[C@H]1C[C@]2(O)[C@@H](OC(=O)c3ccccc3)[C@@H]3[C@]4(OC(C)=O)CO[C@@H]4C[C@H](O[C@@H]4OC[C@@H](O)[C@H](O)[C@H]4O)[C@@]3(C)C(=O)[C@H](O)C(=C1C)C2(C)C. The van der Waals surface area contributed by atoms with Crippen LogP contribution in [-0.2, 0) is 47.6 Å². The number of aliphatic hydroxyl groups is 6. The molecule has 7 rings (SSSR count).